The van der Waals surface area contributed by atoms with Crippen LogP contribution in [0.4, 0.5) is 17.6 Å². The van der Waals surface area contributed by atoms with E-state index < -0.39 is 80.5 Å². The van der Waals surface area contributed by atoms with E-state index in [2.05, 4.69) is 10.0 Å². The van der Waals surface area contributed by atoms with Gasteiger partial charge in [0, 0.05) is 29.4 Å². The summed E-state index contributed by atoms with van der Waals surface area (Å²) in [6.07, 6.45) is -0.421. The number of para-hydroxylation sites is 1. The Kier molecular flexibility index (Phi) is 10.2. The normalized spacial score (nSPS) is 26.2. The van der Waals surface area contributed by atoms with Gasteiger partial charge >= 0.3 is 12.1 Å². The van der Waals surface area contributed by atoms with Gasteiger partial charge in [0.15, 0.2) is 11.3 Å². The maximum absolute atomic E-state index is 14.4. The van der Waals surface area contributed by atoms with Crippen molar-refractivity contribution in [3.8, 4) is 17.0 Å². The molecule has 18 heteroatoms. The predicted molar refractivity (Wildman–Crippen MR) is 201 cm³/mol. The van der Waals surface area contributed by atoms with Crippen molar-refractivity contribution < 1.29 is 54.3 Å². The minimum Gasteiger partial charge on any atom is -0.484 e. The van der Waals surface area contributed by atoms with Gasteiger partial charge in [-0.05, 0) is 74.9 Å². The van der Waals surface area contributed by atoms with Gasteiger partial charge in [-0.1, -0.05) is 37.1 Å². The highest BCUT2D eigenvalue weighted by Crippen LogP contribution is 2.46. The number of ether oxygens (including phenoxy) is 1. The maximum atomic E-state index is 14.4. The second-order valence-electron chi connectivity index (χ2n) is 15.3. The Bertz CT molecular complexity index is 2430. The first-order valence-electron chi connectivity index (χ1n) is 19.1. The second-order valence-corrected chi connectivity index (χ2v) is 17.3. The van der Waals surface area contributed by atoms with Crippen LogP contribution in [-0.4, -0.2) is 83.6 Å². The summed E-state index contributed by atoms with van der Waals surface area (Å²) in [6.45, 7) is -0.330. The Hall–Kier alpha value is -5.52. The fraction of sp³-hybridized carbons (Fsp3) is 0.425. The molecule has 13 nitrogen and oxygen atoms in total. The molecular formula is C40H39F4N5O8S. The molecular weight excluding hydrogens is 787 g/mol. The number of carbonyl (C=O) groups excluding carboxylic acids is 4. The predicted octanol–water partition coefficient (Wildman–Crippen LogP) is 5.19. The number of nitrogens with zero attached hydrogens (tertiary/aromatic N) is 2. The van der Waals surface area contributed by atoms with Crippen LogP contribution in [0.15, 0.2) is 71.2 Å². The van der Waals surface area contributed by atoms with Crippen LogP contribution in [0.1, 0.15) is 57.8 Å². The molecule has 3 fully saturated rings. The zero-order valence-electron chi connectivity index (χ0n) is 30.9. The Morgan fingerprint density at radius 3 is 2.52 bits per heavy atom. The van der Waals surface area contributed by atoms with Gasteiger partial charge in [0.05, 0.1) is 17.5 Å². The molecule has 2 aromatic heterocycles. The summed E-state index contributed by atoms with van der Waals surface area (Å²) in [5.41, 5.74) is 0.350. The lowest BCUT2D eigenvalue weighted by molar-refractivity contribution is -0.175. The van der Waals surface area contributed by atoms with E-state index in [0.717, 1.165) is 4.90 Å². The first-order chi connectivity index (χ1) is 27.6. The number of hydrogen-bond donors (Lipinski definition) is 3. The van der Waals surface area contributed by atoms with E-state index in [0.29, 0.717) is 59.8 Å². The molecule has 0 unspecified atom stereocenters. The number of rotatable bonds is 7. The van der Waals surface area contributed by atoms with Crippen molar-refractivity contribution in [1.82, 2.24) is 25.2 Å². The first-order valence-corrected chi connectivity index (χ1v) is 20.7. The molecule has 8 rings (SSSR count). The summed E-state index contributed by atoms with van der Waals surface area (Å²) in [7, 11) is -4.01. The topological polar surface area (TPSA) is 177 Å². The number of sulfonamides is 1. The van der Waals surface area contributed by atoms with E-state index in [1.165, 1.54) is 24.3 Å². The number of allylic oxidation sites excluding steroid dienone is 1. The van der Waals surface area contributed by atoms with Gasteiger partial charge in [-0.15, -0.1) is 0 Å². The van der Waals surface area contributed by atoms with Crippen LogP contribution in [0, 0.1) is 11.7 Å². The SMILES string of the molecule is O=C1N[C@]2(C(=O)NS(=O)(=O)C3CC3)C[C@H]2/C=C\CCCCC[C@H](NC(=O)C(F)(F)F)C(=O)N2C[C@H](Oc3cc(-c4ccc(F)cc4)nc4c3oc3ccccc34)C[C@@H]12. The molecule has 2 aliphatic carbocycles. The van der Waals surface area contributed by atoms with Gasteiger partial charge in [0.2, 0.25) is 21.8 Å². The molecule has 0 spiro atoms. The zero-order valence-corrected chi connectivity index (χ0v) is 31.7. The number of alkyl halides is 3. The molecule has 2 saturated carbocycles. The lowest BCUT2D eigenvalue weighted by Gasteiger charge is -2.30. The monoisotopic (exact) mass is 825 g/mol. The molecule has 1 saturated heterocycles. The van der Waals surface area contributed by atoms with Crippen LogP contribution in [-0.2, 0) is 29.2 Å². The summed E-state index contributed by atoms with van der Waals surface area (Å²) in [4.78, 5) is 60.4. The van der Waals surface area contributed by atoms with Crippen molar-refractivity contribution in [2.75, 3.05) is 6.54 Å². The molecule has 4 aromatic rings. The van der Waals surface area contributed by atoms with Gasteiger partial charge in [0.25, 0.3) is 5.91 Å². The fourth-order valence-corrected chi connectivity index (χ4v) is 9.14. The second kappa shape index (κ2) is 15.0. The van der Waals surface area contributed by atoms with E-state index in [1.54, 1.807) is 42.5 Å². The van der Waals surface area contributed by atoms with Crippen LogP contribution < -0.4 is 20.1 Å². The number of halogens is 4. The fourth-order valence-electron chi connectivity index (χ4n) is 7.78. The molecule has 4 amide bonds. The maximum Gasteiger partial charge on any atom is 0.471 e. The first kappa shape index (κ1) is 39.3. The Morgan fingerprint density at radius 1 is 1.02 bits per heavy atom. The van der Waals surface area contributed by atoms with Crippen molar-refractivity contribution in [3.63, 3.8) is 0 Å². The van der Waals surface area contributed by atoms with Crippen LogP contribution >= 0.6 is 0 Å². The molecule has 3 N–H and O–H groups in total. The summed E-state index contributed by atoms with van der Waals surface area (Å²) in [5.74, 6) is -5.95. The third-order valence-electron chi connectivity index (χ3n) is 11.1. The van der Waals surface area contributed by atoms with E-state index in [-0.39, 0.29) is 43.6 Å². The quantitative estimate of drug-likeness (QED) is 0.167. The van der Waals surface area contributed by atoms with E-state index in [1.807, 2.05) is 5.32 Å². The number of carbonyl (C=O) groups is 4. The third-order valence-corrected chi connectivity index (χ3v) is 13.0. The van der Waals surface area contributed by atoms with E-state index in [9.17, 15) is 45.2 Å². The van der Waals surface area contributed by atoms with Crippen LogP contribution in [0.25, 0.3) is 33.3 Å². The van der Waals surface area contributed by atoms with Gasteiger partial charge < -0.3 is 24.7 Å². The number of amides is 4. The van der Waals surface area contributed by atoms with Gasteiger partial charge in [-0.3, -0.25) is 23.9 Å². The molecule has 58 heavy (non-hydrogen) atoms. The average Bonchev–Trinajstić information content (AvgIpc) is 4.08. The van der Waals surface area contributed by atoms with Crippen molar-refractivity contribution >= 4 is 55.7 Å². The zero-order chi connectivity index (χ0) is 41.0. The molecule has 0 radical (unpaired) electrons. The van der Waals surface area contributed by atoms with Gasteiger partial charge in [0.1, 0.15) is 40.6 Å². The summed E-state index contributed by atoms with van der Waals surface area (Å²) >= 11 is 0. The molecule has 2 aromatic carbocycles. The Balaban J connectivity index is 1.15. The molecule has 2 aliphatic heterocycles. The molecule has 4 heterocycles. The largest absolute Gasteiger partial charge is 0.484 e. The number of furan rings is 1. The lowest BCUT2D eigenvalue weighted by atomic mass is 10.0. The number of pyridine rings is 1. The smallest absolute Gasteiger partial charge is 0.471 e. The Labute approximate surface area is 329 Å². The van der Waals surface area contributed by atoms with E-state index >= 15 is 0 Å². The van der Waals surface area contributed by atoms with Crippen molar-refractivity contribution in [3.05, 3.63) is 72.6 Å². The van der Waals surface area contributed by atoms with Crippen molar-refractivity contribution in [2.24, 2.45) is 5.92 Å². The highest BCUT2D eigenvalue weighted by Gasteiger charge is 2.62. The molecule has 4 aliphatic rings. The minimum atomic E-state index is -5.29. The van der Waals surface area contributed by atoms with Crippen LogP contribution in [0.5, 0.6) is 5.75 Å². The minimum absolute atomic E-state index is 0.0688. The molecule has 306 valence electrons. The number of nitrogens with one attached hydrogen (secondary N) is 3. The third kappa shape index (κ3) is 7.85. The van der Waals surface area contributed by atoms with E-state index in [4.69, 9.17) is 14.1 Å². The number of fused-ring (bicyclic) bond motifs is 5. The van der Waals surface area contributed by atoms with Crippen LogP contribution in [0.2, 0.25) is 0 Å². The molecule has 0 bridgehead atoms. The van der Waals surface area contributed by atoms with Gasteiger partial charge in [-0.2, -0.15) is 13.2 Å². The van der Waals surface area contributed by atoms with Crippen LogP contribution in [0.3, 0.4) is 0 Å². The van der Waals surface area contributed by atoms with Crippen molar-refractivity contribution in [1.29, 1.82) is 0 Å². The summed E-state index contributed by atoms with van der Waals surface area (Å²) in [5, 5.41) is 4.46. The Morgan fingerprint density at radius 2 is 1.78 bits per heavy atom. The average molecular weight is 826 g/mol. The summed E-state index contributed by atoms with van der Waals surface area (Å²) in [6, 6.07) is 11.1. The number of hydrogen-bond acceptors (Lipinski definition) is 9. The summed E-state index contributed by atoms with van der Waals surface area (Å²) < 4.78 is 94.9. The number of benzene rings is 2. The standard InChI is InChI=1S/C40H39F4N5O8S/c41-24-14-12-22(13-15-24)29-19-32(34-33(45-29)27-9-6-7-11-31(27)57-34)56-25-18-30-35(50)47-39(37(52)48-58(54,55)26-16-17-26)20-23(39)8-4-2-1-3-5-10-28(36(51)49(30)21-25)46-38(53)40(42,43)44/h4,6-9,11-15,19,23,25-26,28,30H,1-3,5,10,16-18,20-21H2,(H,46,53)(H,47,50)(H,48,52)/b8-4-/t23-,25-,28+,30+,39-/m1/s1. The van der Waals surface area contributed by atoms with Gasteiger partial charge in [-0.25, -0.2) is 17.8 Å². The molecule has 5 atom stereocenters. The number of aromatic nitrogens is 1. The highest BCUT2D eigenvalue weighted by atomic mass is 32.2. The van der Waals surface area contributed by atoms with Crippen molar-refractivity contribution in [2.45, 2.75) is 92.9 Å². The highest BCUT2D eigenvalue weighted by molar-refractivity contribution is 7.91. The lowest BCUT2D eigenvalue weighted by Crippen LogP contribution is -2.58.